The quantitative estimate of drug-likeness (QED) is 0.651. The third-order valence-electron chi connectivity index (χ3n) is 2.26. The van der Waals surface area contributed by atoms with Gasteiger partial charge >= 0.3 is 0 Å². The predicted octanol–water partition coefficient (Wildman–Crippen LogP) is 2.72. The van der Waals surface area contributed by atoms with Crippen LogP contribution in [0.4, 0.5) is 0 Å². The van der Waals surface area contributed by atoms with Crippen LogP contribution in [0.2, 0.25) is 0 Å². The lowest BCUT2D eigenvalue weighted by molar-refractivity contribution is -0.146. The molecule has 2 heteroatoms. The topological polar surface area (TPSA) is 18.5 Å². The molecule has 0 aromatic rings. The molecule has 1 fully saturated rings. The van der Waals surface area contributed by atoms with Gasteiger partial charge in [0.25, 0.3) is 0 Å². The summed E-state index contributed by atoms with van der Waals surface area (Å²) in [5.74, 6) is -0.361. The molecule has 0 aromatic heterocycles. The molecular formula is C10H20O2. The highest BCUT2D eigenvalue weighted by Gasteiger charge is 2.39. The third kappa shape index (κ3) is 2.20. The van der Waals surface area contributed by atoms with E-state index in [9.17, 15) is 0 Å². The van der Waals surface area contributed by atoms with Crippen LogP contribution in [0.15, 0.2) is 0 Å². The maximum atomic E-state index is 5.77. The molecule has 1 aliphatic heterocycles. The first-order chi connectivity index (χ1) is 5.59. The molecule has 1 rings (SSSR count). The fraction of sp³-hybridized carbons (Fsp3) is 1.00. The van der Waals surface area contributed by atoms with Crippen molar-refractivity contribution in [3.63, 3.8) is 0 Å². The second-order valence-corrected chi connectivity index (χ2v) is 3.91. The van der Waals surface area contributed by atoms with E-state index in [1.807, 2.05) is 13.8 Å². The van der Waals surface area contributed by atoms with Crippen molar-refractivity contribution in [2.75, 3.05) is 0 Å². The average Bonchev–Trinajstić information content (AvgIpc) is 2.26. The Morgan fingerprint density at radius 2 is 1.67 bits per heavy atom. The van der Waals surface area contributed by atoms with Crippen molar-refractivity contribution in [1.82, 2.24) is 0 Å². The van der Waals surface area contributed by atoms with Gasteiger partial charge in [-0.2, -0.15) is 0 Å². The summed E-state index contributed by atoms with van der Waals surface area (Å²) in [6, 6.07) is 0. The van der Waals surface area contributed by atoms with E-state index in [1.165, 1.54) is 6.42 Å². The first-order valence-electron chi connectivity index (χ1n) is 4.94. The van der Waals surface area contributed by atoms with E-state index >= 15 is 0 Å². The lowest BCUT2D eigenvalue weighted by atomic mass is 10.1. The molecule has 0 amide bonds. The number of ether oxygens (including phenoxy) is 2. The molecule has 0 radical (unpaired) electrons. The van der Waals surface area contributed by atoms with Crippen molar-refractivity contribution in [1.29, 1.82) is 0 Å². The minimum Gasteiger partial charge on any atom is -0.345 e. The predicted molar refractivity (Wildman–Crippen MR) is 49.0 cm³/mol. The second-order valence-electron chi connectivity index (χ2n) is 3.91. The minimum absolute atomic E-state index is 0.306. The molecule has 12 heavy (non-hydrogen) atoms. The maximum absolute atomic E-state index is 5.77. The average molecular weight is 172 g/mol. The van der Waals surface area contributed by atoms with Crippen LogP contribution in [-0.4, -0.2) is 18.0 Å². The van der Waals surface area contributed by atoms with Crippen LogP contribution in [0.25, 0.3) is 0 Å². The Labute approximate surface area is 75.2 Å². The van der Waals surface area contributed by atoms with Gasteiger partial charge in [0.05, 0.1) is 12.2 Å². The molecule has 0 aromatic carbocycles. The molecule has 2 nitrogen and oxygen atoms in total. The summed E-state index contributed by atoms with van der Waals surface area (Å²) in [5, 5.41) is 0. The Balaban J connectivity index is 2.50. The van der Waals surface area contributed by atoms with Crippen LogP contribution in [0, 0.1) is 0 Å². The van der Waals surface area contributed by atoms with E-state index in [4.69, 9.17) is 9.47 Å². The highest BCUT2D eigenvalue weighted by Crippen LogP contribution is 2.31. The molecular weight excluding hydrogens is 152 g/mol. The van der Waals surface area contributed by atoms with Crippen LogP contribution < -0.4 is 0 Å². The smallest absolute Gasteiger partial charge is 0.163 e. The molecule has 0 bridgehead atoms. The maximum Gasteiger partial charge on any atom is 0.163 e. The van der Waals surface area contributed by atoms with Gasteiger partial charge < -0.3 is 9.47 Å². The molecule has 1 saturated heterocycles. The summed E-state index contributed by atoms with van der Waals surface area (Å²) >= 11 is 0. The van der Waals surface area contributed by atoms with E-state index in [-0.39, 0.29) is 5.79 Å². The Kier molecular flexibility index (Phi) is 3.13. The first-order valence-corrected chi connectivity index (χ1v) is 4.94. The fourth-order valence-electron chi connectivity index (χ4n) is 1.78. The summed E-state index contributed by atoms with van der Waals surface area (Å²) in [4.78, 5) is 0. The fourth-order valence-corrected chi connectivity index (χ4v) is 1.78. The number of hydrogen-bond donors (Lipinski definition) is 0. The largest absolute Gasteiger partial charge is 0.345 e. The monoisotopic (exact) mass is 172 g/mol. The van der Waals surface area contributed by atoms with Crippen LogP contribution in [0.3, 0.4) is 0 Å². The van der Waals surface area contributed by atoms with E-state index in [0.717, 1.165) is 12.8 Å². The second kappa shape index (κ2) is 3.75. The summed E-state index contributed by atoms with van der Waals surface area (Å²) in [7, 11) is 0. The van der Waals surface area contributed by atoms with E-state index in [2.05, 4.69) is 13.8 Å². The van der Waals surface area contributed by atoms with Crippen molar-refractivity contribution < 1.29 is 9.47 Å². The number of rotatable bonds is 3. The molecule has 0 saturated carbocycles. The van der Waals surface area contributed by atoms with Gasteiger partial charge in [0.2, 0.25) is 0 Å². The highest BCUT2D eigenvalue weighted by molar-refractivity contribution is 4.79. The molecule has 72 valence electrons. The molecule has 1 heterocycles. The standard InChI is InChI=1S/C10H20O2/c1-5-7-9-8(6-2)11-10(3,4)12-9/h8-9H,5-7H2,1-4H3. The zero-order chi connectivity index (χ0) is 9.19. The Hall–Kier alpha value is -0.0800. The van der Waals surface area contributed by atoms with Gasteiger partial charge in [-0.15, -0.1) is 0 Å². The lowest BCUT2D eigenvalue weighted by Crippen LogP contribution is -2.21. The van der Waals surface area contributed by atoms with Gasteiger partial charge in [-0.25, -0.2) is 0 Å². The van der Waals surface area contributed by atoms with Crippen molar-refractivity contribution in [3.05, 3.63) is 0 Å². The van der Waals surface area contributed by atoms with Gasteiger partial charge in [0.1, 0.15) is 0 Å². The third-order valence-corrected chi connectivity index (χ3v) is 2.26. The lowest BCUT2D eigenvalue weighted by Gasteiger charge is -2.16. The van der Waals surface area contributed by atoms with Gasteiger partial charge in [0.15, 0.2) is 5.79 Å². The molecule has 2 unspecified atom stereocenters. The SMILES string of the molecule is CCCC1OC(C)(C)OC1CC. The van der Waals surface area contributed by atoms with E-state index in [1.54, 1.807) is 0 Å². The van der Waals surface area contributed by atoms with Crippen LogP contribution in [0.1, 0.15) is 47.0 Å². The zero-order valence-electron chi connectivity index (χ0n) is 8.59. The zero-order valence-corrected chi connectivity index (χ0v) is 8.59. The van der Waals surface area contributed by atoms with Crippen LogP contribution in [0.5, 0.6) is 0 Å². The van der Waals surface area contributed by atoms with Gasteiger partial charge in [-0.3, -0.25) is 0 Å². The molecule has 0 spiro atoms. The summed E-state index contributed by atoms with van der Waals surface area (Å²) < 4.78 is 11.5. The van der Waals surface area contributed by atoms with E-state index < -0.39 is 0 Å². The normalized spacial score (nSPS) is 34.0. The van der Waals surface area contributed by atoms with Gasteiger partial charge in [-0.1, -0.05) is 20.3 Å². The summed E-state index contributed by atoms with van der Waals surface area (Å²) in [6.07, 6.45) is 3.95. The first kappa shape index (κ1) is 10.0. The number of hydrogen-bond acceptors (Lipinski definition) is 2. The summed E-state index contributed by atoms with van der Waals surface area (Å²) in [5.41, 5.74) is 0. The van der Waals surface area contributed by atoms with Crippen molar-refractivity contribution in [2.45, 2.75) is 65.0 Å². The Morgan fingerprint density at radius 3 is 2.17 bits per heavy atom. The van der Waals surface area contributed by atoms with Crippen molar-refractivity contribution in [3.8, 4) is 0 Å². The Bertz CT molecular complexity index is 143. The van der Waals surface area contributed by atoms with Crippen LogP contribution in [-0.2, 0) is 9.47 Å². The van der Waals surface area contributed by atoms with Crippen molar-refractivity contribution in [2.24, 2.45) is 0 Å². The molecule has 0 N–H and O–H groups in total. The molecule has 2 atom stereocenters. The molecule has 0 aliphatic carbocycles. The Morgan fingerprint density at radius 1 is 1.08 bits per heavy atom. The minimum atomic E-state index is -0.361. The summed E-state index contributed by atoms with van der Waals surface area (Å²) in [6.45, 7) is 8.32. The van der Waals surface area contributed by atoms with Crippen molar-refractivity contribution >= 4 is 0 Å². The molecule has 1 aliphatic rings. The van der Waals surface area contributed by atoms with E-state index in [0.29, 0.717) is 12.2 Å². The highest BCUT2D eigenvalue weighted by atomic mass is 16.7. The van der Waals surface area contributed by atoms with Gasteiger partial charge in [0, 0.05) is 0 Å². The van der Waals surface area contributed by atoms with Crippen LogP contribution >= 0.6 is 0 Å². The van der Waals surface area contributed by atoms with Gasteiger partial charge in [-0.05, 0) is 26.7 Å².